The van der Waals surface area contributed by atoms with E-state index in [1.54, 1.807) is 0 Å². The lowest BCUT2D eigenvalue weighted by Gasteiger charge is -2.13. The lowest BCUT2D eigenvalue weighted by atomic mass is 10.1. The van der Waals surface area contributed by atoms with Gasteiger partial charge in [-0.3, -0.25) is 0 Å². The Bertz CT molecular complexity index is 662. The molecule has 0 aliphatic heterocycles. The van der Waals surface area contributed by atoms with E-state index in [2.05, 4.69) is 17.4 Å². The van der Waals surface area contributed by atoms with Crippen molar-refractivity contribution in [2.24, 2.45) is 5.73 Å². The zero-order valence-electron chi connectivity index (χ0n) is 13.9. The third kappa shape index (κ3) is 8.00. The van der Waals surface area contributed by atoms with E-state index < -0.39 is 18.2 Å². The number of carboxylic acids is 1. The summed E-state index contributed by atoms with van der Waals surface area (Å²) in [5.41, 5.74) is 8.68. The summed E-state index contributed by atoms with van der Waals surface area (Å²) in [6.45, 7) is 1.17. The topological polar surface area (TPSA) is 95.6 Å². The first-order valence-electron chi connectivity index (χ1n) is 7.80. The number of alkyl halides is 3. The molecule has 0 heterocycles. The number of hydrogen-bond acceptors (Lipinski definition) is 4. The number of carboxylic acid groups (broad SMARTS) is 1. The van der Waals surface area contributed by atoms with E-state index in [-0.39, 0.29) is 0 Å². The van der Waals surface area contributed by atoms with Gasteiger partial charge in [0.25, 0.3) is 0 Å². The van der Waals surface area contributed by atoms with Gasteiger partial charge < -0.3 is 21.3 Å². The first kappa shape index (κ1) is 21.5. The van der Waals surface area contributed by atoms with Gasteiger partial charge in [-0.1, -0.05) is 42.5 Å². The molecule has 2 rings (SSSR count). The quantitative estimate of drug-likeness (QED) is 0.627. The Labute approximate surface area is 149 Å². The number of aliphatic carboxylic acids is 1. The van der Waals surface area contributed by atoms with Crippen LogP contribution in [0.1, 0.15) is 17.2 Å². The largest absolute Gasteiger partial charge is 0.490 e. The summed E-state index contributed by atoms with van der Waals surface area (Å²) in [6.07, 6.45) is -4.68. The van der Waals surface area contributed by atoms with Crippen molar-refractivity contribution in [2.75, 3.05) is 18.4 Å². The predicted octanol–water partition coefficient (Wildman–Crippen LogP) is 2.97. The molecule has 0 aliphatic carbocycles. The number of aliphatic hydroxyl groups is 1. The van der Waals surface area contributed by atoms with Crippen LogP contribution in [0, 0.1) is 0 Å². The Morgan fingerprint density at radius 1 is 1.08 bits per heavy atom. The molecule has 0 radical (unpaired) electrons. The van der Waals surface area contributed by atoms with Crippen molar-refractivity contribution in [2.45, 2.75) is 18.7 Å². The Kier molecular flexibility index (Phi) is 8.60. The highest BCUT2D eigenvalue weighted by atomic mass is 19.4. The summed E-state index contributed by atoms with van der Waals surface area (Å²) in [5, 5.41) is 20.4. The maximum Gasteiger partial charge on any atom is 0.490 e. The lowest BCUT2D eigenvalue weighted by molar-refractivity contribution is -0.192. The number of nitrogens with two attached hydrogens (primary N) is 1. The van der Waals surface area contributed by atoms with E-state index in [1.807, 2.05) is 42.5 Å². The average Bonchev–Trinajstić information content (AvgIpc) is 2.61. The van der Waals surface area contributed by atoms with Crippen molar-refractivity contribution in [3.8, 4) is 0 Å². The SMILES string of the molecule is NCCc1ccc(NC[C@@H](O)c2ccccc2)cc1.O=C(O)C(F)(F)F. The van der Waals surface area contributed by atoms with Gasteiger partial charge in [0.15, 0.2) is 0 Å². The van der Waals surface area contributed by atoms with Crippen molar-refractivity contribution in [3.63, 3.8) is 0 Å². The molecule has 0 saturated heterocycles. The Balaban J connectivity index is 0.000000412. The molecule has 0 fully saturated rings. The van der Waals surface area contributed by atoms with Gasteiger partial charge >= 0.3 is 12.1 Å². The molecule has 0 aliphatic rings. The highest BCUT2D eigenvalue weighted by Crippen LogP contribution is 2.15. The Hall–Kier alpha value is -2.58. The van der Waals surface area contributed by atoms with Crippen LogP contribution in [-0.4, -0.2) is 35.4 Å². The lowest BCUT2D eigenvalue weighted by Crippen LogP contribution is -2.21. The molecule has 2 aromatic carbocycles. The van der Waals surface area contributed by atoms with Gasteiger partial charge in [0.2, 0.25) is 0 Å². The van der Waals surface area contributed by atoms with Crippen LogP contribution in [-0.2, 0) is 11.2 Å². The number of halogens is 3. The number of aliphatic hydroxyl groups excluding tert-OH is 1. The fraction of sp³-hybridized carbons (Fsp3) is 0.278. The second-order valence-electron chi connectivity index (χ2n) is 5.35. The van der Waals surface area contributed by atoms with Gasteiger partial charge in [0, 0.05) is 12.2 Å². The molecule has 5 nitrogen and oxygen atoms in total. The Morgan fingerprint density at radius 2 is 1.62 bits per heavy atom. The minimum Gasteiger partial charge on any atom is -0.475 e. The zero-order valence-corrected chi connectivity index (χ0v) is 13.9. The second kappa shape index (κ2) is 10.4. The van der Waals surface area contributed by atoms with Crippen LogP contribution in [0.25, 0.3) is 0 Å². The molecule has 0 aromatic heterocycles. The smallest absolute Gasteiger partial charge is 0.475 e. The third-order valence-corrected chi connectivity index (χ3v) is 3.31. The number of nitrogens with one attached hydrogen (secondary N) is 1. The van der Waals surface area contributed by atoms with Crippen molar-refractivity contribution >= 4 is 11.7 Å². The third-order valence-electron chi connectivity index (χ3n) is 3.31. The van der Waals surface area contributed by atoms with Crippen molar-refractivity contribution in [1.29, 1.82) is 0 Å². The summed E-state index contributed by atoms with van der Waals surface area (Å²) < 4.78 is 31.7. The summed E-state index contributed by atoms with van der Waals surface area (Å²) in [4.78, 5) is 8.90. The molecule has 26 heavy (non-hydrogen) atoms. The number of hydrogen-bond donors (Lipinski definition) is 4. The molecule has 1 atom stereocenters. The van der Waals surface area contributed by atoms with Crippen LogP contribution in [0.4, 0.5) is 18.9 Å². The van der Waals surface area contributed by atoms with Crippen LogP contribution < -0.4 is 11.1 Å². The summed E-state index contributed by atoms with van der Waals surface area (Å²) >= 11 is 0. The normalized spacial score (nSPS) is 11.9. The molecule has 0 bridgehead atoms. The van der Waals surface area contributed by atoms with Crippen LogP contribution in [0.2, 0.25) is 0 Å². The van der Waals surface area contributed by atoms with Gasteiger partial charge in [0.05, 0.1) is 6.10 Å². The Morgan fingerprint density at radius 3 is 2.08 bits per heavy atom. The van der Waals surface area contributed by atoms with E-state index in [1.165, 1.54) is 5.56 Å². The zero-order chi connectivity index (χ0) is 19.6. The molecule has 0 unspecified atom stereocenters. The number of anilines is 1. The highest BCUT2D eigenvalue weighted by Gasteiger charge is 2.38. The maximum atomic E-state index is 10.6. The molecular weight excluding hydrogens is 349 g/mol. The fourth-order valence-corrected chi connectivity index (χ4v) is 1.96. The van der Waals surface area contributed by atoms with Gasteiger partial charge in [0.1, 0.15) is 0 Å². The highest BCUT2D eigenvalue weighted by molar-refractivity contribution is 5.73. The number of benzene rings is 2. The number of carbonyl (C=O) groups is 1. The summed E-state index contributed by atoms with van der Waals surface area (Å²) in [6, 6.07) is 17.8. The van der Waals surface area contributed by atoms with Gasteiger partial charge in [-0.05, 0) is 36.2 Å². The van der Waals surface area contributed by atoms with Crippen LogP contribution >= 0.6 is 0 Å². The molecule has 2 aromatic rings. The van der Waals surface area contributed by atoms with Crippen LogP contribution in [0.3, 0.4) is 0 Å². The van der Waals surface area contributed by atoms with E-state index in [9.17, 15) is 18.3 Å². The maximum absolute atomic E-state index is 10.6. The summed E-state index contributed by atoms with van der Waals surface area (Å²) in [5.74, 6) is -2.76. The fourth-order valence-electron chi connectivity index (χ4n) is 1.96. The van der Waals surface area contributed by atoms with Gasteiger partial charge in [-0.2, -0.15) is 13.2 Å². The predicted molar refractivity (Wildman–Crippen MR) is 92.8 cm³/mol. The average molecular weight is 370 g/mol. The molecule has 142 valence electrons. The first-order valence-corrected chi connectivity index (χ1v) is 7.80. The number of rotatable bonds is 6. The molecular formula is C18H21F3N2O3. The van der Waals surface area contributed by atoms with Crippen molar-refractivity contribution in [1.82, 2.24) is 0 Å². The minimum absolute atomic E-state index is 0.495. The molecule has 5 N–H and O–H groups in total. The minimum atomic E-state index is -5.08. The van der Waals surface area contributed by atoms with E-state index in [0.29, 0.717) is 13.1 Å². The van der Waals surface area contributed by atoms with Crippen molar-refractivity contribution < 1.29 is 28.2 Å². The monoisotopic (exact) mass is 370 g/mol. The van der Waals surface area contributed by atoms with Gasteiger partial charge in [-0.15, -0.1) is 0 Å². The van der Waals surface area contributed by atoms with E-state index in [0.717, 1.165) is 17.7 Å². The molecule has 0 amide bonds. The van der Waals surface area contributed by atoms with Crippen LogP contribution in [0.15, 0.2) is 54.6 Å². The molecule has 8 heteroatoms. The standard InChI is InChI=1S/C16H20N2O.C2HF3O2/c17-11-10-13-6-8-15(9-7-13)18-12-16(19)14-4-2-1-3-5-14;3-2(4,5)1(6)7/h1-9,16,18-19H,10-12,17H2;(H,6,7)/t16-;/m1./s1. The van der Waals surface area contributed by atoms with Crippen LogP contribution in [0.5, 0.6) is 0 Å². The van der Waals surface area contributed by atoms with Crippen molar-refractivity contribution in [3.05, 3.63) is 65.7 Å². The summed E-state index contributed by atoms with van der Waals surface area (Å²) in [7, 11) is 0. The van der Waals surface area contributed by atoms with E-state index >= 15 is 0 Å². The molecule has 0 spiro atoms. The van der Waals surface area contributed by atoms with Gasteiger partial charge in [-0.25, -0.2) is 4.79 Å². The first-order chi connectivity index (χ1) is 12.2. The molecule has 0 saturated carbocycles. The van der Waals surface area contributed by atoms with E-state index in [4.69, 9.17) is 15.6 Å². The second-order valence-corrected chi connectivity index (χ2v) is 5.35.